The van der Waals surface area contributed by atoms with Gasteiger partial charge >= 0.3 is 0 Å². The van der Waals surface area contributed by atoms with Crippen LogP contribution in [0, 0.1) is 27.7 Å². The molecule has 4 aromatic rings. The molecule has 1 saturated heterocycles. The zero-order valence-electron chi connectivity index (χ0n) is 22.4. The van der Waals surface area contributed by atoms with Crippen molar-refractivity contribution in [3.63, 3.8) is 0 Å². The molecule has 0 saturated carbocycles. The predicted molar refractivity (Wildman–Crippen MR) is 149 cm³/mol. The normalized spacial score (nSPS) is 14.8. The van der Waals surface area contributed by atoms with Crippen LogP contribution >= 0.6 is 0 Å². The van der Waals surface area contributed by atoms with Crippen molar-refractivity contribution < 1.29 is 4.79 Å². The van der Waals surface area contributed by atoms with Gasteiger partial charge in [0, 0.05) is 48.6 Å². The first-order valence-corrected chi connectivity index (χ1v) is 13.1. The predicted octanol–water partition coefficient (Wildman–Crippen LogP) is 4.72. The van der Waals surface area contributed by atoms with Crippen LogP contribution in [0.25, 0.3) is 16.5 Å². The number of aryl methyl sites for hydroxylation is 4. The van der Waals surface area contributed by atoms with E-state index in [9.17, 15) is 9.59 Å². The first kappa shape index (κ1) is 24.8. The maximum absolute atomic E-state index is 13.8. The van der Waals surface area contributed by atoms with E-state index in [-0.39, 0.29) is 17.5 Å². The Kier molecular flexibility index (Phi) is 6.63. The summed E-state index contributed by atoms with van der Waals surface area (Å²) in [4.78, 5) is 31.7. The van der Waals surface area contributed by atoms with Crippen LogP contribution < -0.4 is 10.5 Å². The third-order valence-corrected chi connectivity index (χ3v) is 7.73. The minimum atomic E-state index is -0.357. The van der Waals surface area contributed by atoms with Crippen molar-refractivity contribution in [3.8, 4) is 5.69 Å². The minimum Gasteiger partial charge on any atom is -0.368 e. The molecule has 3 heterocycles. The molecule has 0 unspecified atom stereocenters. The van der Waals surface area contributed by atoms with Gasteiger partial charge in [0.05, 0.1) is 17.3 Å². The number of carbonyl (C=O) groups excluding carboxylic acids is 1. The molecule has 0 radical (unpaired) electrons. The quantitative estimate of drug-likeness (QED) is 0.400. The third kappa shape index (κ3) is 4.32. The van der Waals surface area contributed by atoms with Crippen molar-refractivity contribution in [1.29, 1.82) is 0 Å². The van der Waals surface area contributed by atoms with Crippen molar-refractivity contribution in [2.45, 2.75) is 47.1 Å². The molecule has 0 aliphatic carbocycles. The highest BCUT2D eigenvalue weighted by Crippen LogP contribution is 2.30. The van der Waals surface area contributed by atoms with E-state index in [1.54, 1.807) is 6.20 Å². The summed E-state index contributed by atoms with van der Waals surface area (Å²) in [7, 11) is 0. The molecule has 2 aromatic heterocycles. The van der Waals surface area contributed by atoms with Crippen LogP contribution in [0.15, 0.2) is 59.5 Å². The number of hydrogen-bond donors (Lipinski definition) is 0. The highest BCUT2D eigenvalue weighted by atomic mass is 16.2. The first-order valence-electron chi connectivity index (χ1n) is 13.1. The lowest BCUT2D eigenvalue weighted by atomic mass is 10.1. The topological polar surface area (TPSA) is 63.4 Å². The van der Waals surface area contributed by atoms with Gasteiger partial charge in [-0.2, -0.15) is 9.78 Å². The van der Waals surface area contributed by atoms with Crippen molar-refractivity contribution in [2.24, 2.45) is 0 Å². The molecule has 1 fully saturated rings. The largest absolute Gasteiger partial charge is 0.368 e. The lowest BCUT2D eigenvalue weighted by Gasteiger charge is -2.38. The summed E-state index contributed by atoms with van der Waals surface area (Å²) in [6.07, 6.45) is 2.40. The maximum atomic E-state index is 13.8. The summed E-state index contributed by atoms with van der Waals surface area (Å²) in [5, 5.41) is 5.89. The molecule has 5 rings (SSSR count). The van der Waals surface area contributed by atoms with Gasteiger partial charge in [-0.05, 0) is 63.4 Å². The Morgan fingerprint density at radius 2 is 1.65 bits per heavy atom. The first-order chi connectivity index (χ1) is 17.8. The second-order valence-electron chi connectivity index (χ2n) is 10.1. The van der Waals surface area contributed by atoms with E-state index in [1.807, 2.05) is 56.0 Å². The monoisotopic (exact) mass is 497 g/mol. The SMILES string of the molecule is CC[C@H](C(=O)N1CCN(c2cc(C)ccc2C)CC1)n1c(C)c2cnn(-c3ccccc3)c(=O)c2c1C. The lowest BCUT2D eigenvalue weighted by Crippen LogP contribution is -2.51. The summed E-state index contributed by atoms with van der Waals surface area (Å²) in [5.74, 6) is 0.117. The summed E-state index contributed by atoms with van der Waals surface area (Å²) in [6.45, 7) is 13.2. The van der Waals surface area contributed by atoms with Gasteiger partial charge in [0.2, 0.25) is 5.91 Å². The van der Waals surface area contributed by atoms with Crippen LogP contribution in [0.2, 0.25) is 0 Å². The molecule has 1 amide bonds. The molecule has 7 heteroatoms. The number of hydrogen-bond acceptors (Lipinski definition) is 4. The van der Waals surface area contributed by atoms with Crippen molar-refractivity contribution >= 4 is 22.4 Å². The summed E-state index contributed by atoms with van der Waals surface area (Å²) < 4.78 is 3.50. The number of carbonyl (C=O) groups is 1. The highest BCUT2D eigenvalue weighted by molar-refractivity contribution is 5.89. The van der Waals surface area contributed by atoms with Crippen LogP contribution in [0.4, 0.5) is 5.69 Å². The molecule has 37 heavy (non-hydrogen) atoms. The van der Waals surface area contributed by atoms with E-state index in [0.717, 1.165) is 35.6 Å². The van der Waals surface area contributed by atoms with Crippen LogP contribution in [-0.4, -0.2) is 51.3 Å². The second kappa shape index (κ2) is 9.88. The fourth-order valence-corrected chi connectivity index (χ4v) is 5.71. The van der Waals surface area contributed by atoms with Gasteiger partial charge in [0.15, 0.2) is 0 Å². The molecule has 0 spiro atoms. The van der Waals surface area contributed by atoms with Gasteiger partial charge in [-0.3, -0.25) is 9.59 Å². The number of piperazine rings is 1. The number of fused-ring (bicyclic) bond motifs is 1. The summed E-state index contributed by atoms with van der Waals surface area (Å²) in [6, 6.07) is 15.6. The van der Waals surface area contributed by atoms with Crippen LogP contribution in [0.1, 0.15) is 41.9 Å². The molecule has 0 bridgehead atoms. The zero-order chi connectivity index (χ0) is 26.3. The van der Waals surface area contributed by atoms with Crippen molar-refractivity contribution in [2.75, 3.05) is 31.1 Å². The van der Waals surface area contributed by atoms with Gasteiger partial charge in [0.1, 0.15) is 6.04 Å². The Morgan fingerprint density at radius 3 is 2.32 bits per heavy atom. The molecule has 1 aliphatic rings. The summed E-state index contributed by atoms with van der Waals surface area (Å²) in [5.41, 5.74) is 6.06. The Balaban J connectivity index is 1.43. The number of para-hydroxylation sites is 1. The average Bonchev–Trinajstić information content (AvgIpc) is 3.17. The minimum absolute atomic E-state index is 0.117. The summed E-state index contributed by atoms with van der Waals surface area (Å²) >= 11 is 0. The molecular formula is C30H35N5O2. The van der Waals surface area contributed by atoms with Crippen LogP contribution in [-0.2, 0) is 4.79 Å². The van der Waals surface area contributed by atoms with E-state index in [2.05, 4.69) is 46.6 Å². The Hall–Kier alpha value is -3.87. The average molecular weight is 498 g/mol. The highest BCUT2D eigenvalue weighted by Gasteiger charge is 2.31. The van der Waals surface area contributed by atoms with E-state index in [0.29, 0.717) is 24.9 Å². The van der Waals surface area contributed by atoms with E-state index < -0.39 is 0 Å². The Morgan fingerprint density at radius 1 is 0.946 bits per heavy atom. The number of nitrogens with zero attached hydrogens (tertiary/aromatic N) is 5. The molecule has 1 atom stereocenters. The molecule has 192 valence electrons. The number of amides is 1. The Labute approximate surface area is 217 Å². The fraction of sp³-hybridized carbons (Fsp3) is 0.367. The fourth-order valence-electron chi connectivity index (χ4n) is 5.71. The van der Waals surface area contributed by atoms with E-state index >= 15 is 0 Å². The van der Waals surface area contributed by atoms with Gasteiger partial charge in [0.25, 0.3) is 5.56 Å². The standard InChI is InChI=1S/C30H35N5O2/c1-6-26(29(36)33-16-14-32(15-17-33)27-18-20(2)12-13-21(27)3)34-22(4)25-19-31-35(24-10-8-7-9-11-24)30(37)28(25)23(34)5/h7-13,18-19,26H,6,14-17H2,1-5H3/t26-/m1/s1. The van der Waals surface area contributed by atoms with E-state index in [1.165, 1.54) is 21.5 Å². The van der Waals surface area contributed by atoms with Crippen LogP contribution in [0.3, 0.4) is 0 Å². The number of benzene rings is 2. The molecule has 7 nitrogen and oxygen atoms in total. The Bertz CT molecular complexity index is 1510. The van der Waals surface area contributed by atoms with E-state index in [4.69, 9.17) is 0 Å². The third-order valence-electron chi connectivity index (χ3n) is 7.73. The maximum Gasteiger partial charge on any atom is 0.281 e. The zero-order valence-corrected chi connectivity index (χ0v) is 22.4. The van der Waals surface area contributed by atoms with Crippen molar-refractivity contribution in [1.82, 2.24) is 19.2 Å². The number of rotatable bonds is 5. The molecule has 0 N–H and O–H groups in total. The lowest BCUT2D eigenvalue weighted by molar-refractivity contribution is -0.135. The molecular weight excluding hydrogens is 462 g/mol. The number of anilines is 1. The second-order valence-corrected chi connectivity index (χ2v) is 10.1. The smallest absolute Gasteiger partial charge is 0.281 e. The van der Waals surface area contributed by atoms with Gasteiger partial charge in [-0.1, -0.05) is 37.3 Å². The molecule has 1 aliphatic heterocycles. The number of aromatic nitrogens is 3. The molecule has 2 aromatic carbocycles. The van der Waals surface area contributed by atoms with Gasteiger partial charge in [-0.15, -0.1) is 0 Å². The van der Waals surface area contributed by atoms with Gasteiger partial charge in [-0.25, -0.2) is 0 Å². The van der Waals surface area contributed by atoms with Crippen molar-refractivity contribution in [3.05, 3.63) is 87.6 Å². The van der Waals surface area contributed by atoms with Gasteiger partial charge < -0.3 is 14.4 Å². The van der Waals surface area contributed by atoms with Crippen LogP contribution in [0.5, 0.6) is 0 Å².